The Labute approximate surface area is 113 Å². The summed E-state index contributed by atoms with van der Waals surface area (Å²) in [5.74, 6) is 0. The van der Waals surface area contributed by atoms with E-state index in [1.54, 1.807) is 19.3 Å². The van der Waals surface area contributed by atoms with Gasteiger partial charge in [-0.15, -0.1) is 0 Å². The normalized spacial score (nSPS) is 16.1. The Balaban J connectivity index is 1.79. The van der Waals surface area contributed by atoms with Crippen molar-refractivity contribution < 1.29 is 4.79 Å². The van der Waals surface area contributed by atoms with Crippen LogP contribution in [0.1, 0.15) is 37.7 Å². The van der Waals surface area contributed by atoms with Crippen molar-refractivity contribution in [2.24, 2.45) is 7.05 Å². The summed E-state index contributed by atoms with van der Waals surface area (Å²) in [6, 6.07) is 3.44. The first-order valence-electron chi connectivity index (χ1n) is 6.85. The van der Waals surface area contributed by atoms with E-state index in [2.05, 4.69) is 10.6 Å². The zero-order valence-electron chi connectivity index (χ0n) is 11.3. The second-order valence-corrected chi connectivity index (χ2v) is 5.15. The lowest BCUT2D eigenvalue weighted by Gasteiger charge is -2.22. The summed E-state index contributed by atoms with van der Waals surface area (Å²) in [7, 11) is 1.70. The van der Waals surface area contributed by atoms with E-state index in [0.29, 0.717) is 12.6 Å². The van der Waals surface area contributed by atoms with E-state index in [0.717, 1.165) is 18.4 Å². The molecule has 1 heterocycles. The first-order chi connectivity index (χ1) is 9.15. The molecule has 2 rings (SSSR count). The fraction of sp³-hybridized carbons (Fsp3) is 0.571. The molecule has 1 aliphatic carbocycles. The molecule has 0 radical (unpaired) electrons. The predicted molar refractivity (Wildman–Crippen MR) is 73.9 cm³/mol. The van der Waals surface area contributed by atoms with Crippen LogP contribution in [0, 0.1) is 0 Å². The van der Waals surface area contributed by atoms with Gasteiger partial charge in [0.25, 0.3) is 0 Å². The number of urea groups is 1. The maximum absolute atomic E-state index is 11.7. The van der Waals surface area contributed by atoms with Gasteiger partial charge in [0.05, 0.1) is 0 Å². The zero-order valence-corrected chi connectivity index (χ0v) is 11.3. The first kappa shape index (κ1) is 13.6. The lowest BCUT2D eigenvalue weighted by Crippen LogP contribution is -2.42. The molecule has 19 heavy (non-hydrogen) atoms. The Morgan fingerprint density at radius 1 is 1.32 bits per heavy atom. The van der Waals surface area contributed by atoms with Crippen LogP contribution in [0.15, 0.2) is 23.1 Å². The van der Waals surface area contributed by atoms with Crippen LogP contribution >= 0.6 is 0 Å². The number of hydrogen-bond acceptors (Lipinski definition) is 2. The molecule has 1 aromatic rings. The number of rotatable bonds is 3. The van der Waals surface area contributed by atoms with Gasteiger partial charge < -0.3 is 15.2 Å². The Hall–Kier alpha value is -1.78. The van der Waals surface area contributed by atoms with Gasteiger partial charge in [-0.2, -0.15) is 0 Å². The summed E-state index contributed by atoms with van der Waals surface area (Å²) in [6.45, 7) is 0.437. The number of aromatic nitrogens is 1. The number of hydrogen-bond donors (Lipinski definition) is 2. The molecule has 5 heteroatoms. The highest BCUT2D eigenvalue weighted by Crippen LogP contribution is 2.17. The molecule has 2 amide bonds. The van der Waals surface area contributed by atoms with E-state index < -0.39 is 0 Å². The van der Waals surface area contributed by atoms with Gasteiger partial charge in [-0.3, -0.25) is 4.79 Å². The van der Waals surface area contributed by atoms with Crippen LogP contribution in [-0.4, -0.2) is 16.6 Å². The van der Waals surface area contributed by atoms with Gasteiger partial charge in [0.1, 0.15) is 0 Å². The lowest BCUT2D eigenvalue weighted by atomic mass is 9.96. The van der Waals surface area contributed by atoms with Crippen molar-refractivity contribution in [3.63, 3.8) is 0 Å². The number of nitrogens with one attached hydrogen (secondary N) is 2. The van der Waals surface area contributed by atoms with E-state index in [4.69, 9.17) is 0 Å². The molecular weight excluding hydrogens is 242 g/mol. The molecular formula is C14H21N3O2. The quantitative estimate of drug-likeness (QED) is 0.868. The van der Waals surface area contributed by atoms with Gasteiger partial charge in [-0.05, 0) is 18.4 Å². The standard InChI is InChI=1S/C14H21N3O2/c1-17-10-11(7-8-13(17)18)9-15-14(19)16-12-5-3-2-4-6-12/h7-8,10,12H,2-6,9H2,1H3,(H2,15,16,19). The van der Waals surface area contributed by atoms with Crippen molar-refractivity contribution in [2.75, 3.05) is 0 Å². The highest BCUT2D eigenvalue weighted by Gasteiger charge is 2.15. The van der Waals surface area contributed by atoms with Gasteiger partial charge in [-0.1, -0.05) is 25.3 Å². The largest absolute Gasteiger partial charge is 0.335 e. The molecule has 0 saturated heterocycles. The summed E-state index contributed by atoms with van der Waals surface area (Å²) in [4.78, 5) is 23.0. The van der Waals surface area contributed by atoms with Crippen molar-refractivity contribution in [1.29, 1.82) is 0 Å². The second-order valence-electron chi connectivity index (χ2n) is 5.15. The maximum Gasteiger partial charge on any atom is 0.315 e. The fourth-order valence-corrected chi connectivity index (χ4v) is 2.42. The number of aryl methyl sites for hydroxylation is 1. The van der Waals surface area contributed by atoms with Crippen molar-refractivity contribution in [2.45, 2.75) is 44.7 Å². The van der Waals surface area contributed by atoms with Gasteiger partial charge in [-0.25, -0.2) is 4.79 Å². The number of carbonyl (C=O) groups excluding carboxylic acids is 1. The van der Waals surface area contributed by atoms with Crippen molar-refractivity contribution in [3.05, 3.63) is 34.2 Å². The van der Waals surface area contributed by atoms with Crippen molar-refractivity contribution in [3.8, 4) is 0 Å². The molecule has 0 bridgehead atoms. The van der Waals surface area contributed by atoms with E-state index in [1.807, 2.05) is 0 Å². The minimum Gasteiger partial charge on any atom is -0.335 e. The van der Waals surface area contributed by atoms with Gasteiger partial charge >= 0.3 is 6.03 Å². The molecule has 0 spiro atoms. The molecule has 5 nitrogen and oxygen atoms in total. The lowest BCUT2D eigenvalue weighted by molar-refractivity contribution is 0.232. The minimum atomic E-state index is -0.124. The Morgan fingerprint density at radius 3 is 2.74 bits per heavy atom. The van der Waals surface area contributed by atoms with E-state index in [1.165, 1.54) is 29.9 Å². The van der Waals surface area contributed by atoms with Crippen LogP contribution in [0.25, 0.3) is 0 Å². The average molecular weight is 263 g/mol. The Kier molecular flexibility index (Phi) is 4.60. The highest BCUT2D eigenvalue weighted by atomic mass is 16.2. The Morgan fingerprint density at radius 2 is 2.05 bits per heavy atom. The van der Waals surface area contributed by atoms with E-state index in [9.17, 15) is 9.59 Å². The second kappa shape index (κ2) is 6.41. The summed E-state index contributed by atoms with van der Waals surface area (Å²) in [5.41, 5.74) is 0.872. The van der Waals surface area contributed by atoms with Crippen LogP contribution in [0.2, 0.25) is 0 Å². The summed E-state index contributed by atoms with van der Waals surface area (Å²) in [5, 5.41) is 5.82. The summed E-state index contributed by atoms with van der Waals surface area (Å²) >= 11 is 0. The van der Waals surface area contributed by atoms with Gasteiger partial charge in [0.15, 0.2) is 0 Å². The maximum atomic E-state index is 11.7. The van der Waals surface area contributed by atoms with Crippen LogP contribution in [-0.2, 0) is 13.6 Å². The Bertz CT molecular complexity index is 490. The summed E-state index contributed by atoms with van der Waals surface area (Å²) < 4.78 is 1.51. The van der Waals surface area contributed by atoms with Crippen LogP contribution < -0.4 is 16.2 Å². The van der Waals surface area contributed by atoms with Crippen molar-refractivity contribution in [1.82, 2.24) is 15.2 Å². The first-order valence-corrected chi connectivity index (χ1v) is 6.85. The molecule has 1 aromatic heterocycles. The topological polar surface area (TPSA) is 63.1 Å². The molecule has 1 aliphatic rings. The minimum absolute atomic E-state index is 0.0459. The number of amides is 2. The SMILES string of the molecule is Cn1cc(CNC(=O)NC2CCCCC2)ccc1=O. The van der Waals surface area contributed by atoms with E-state index in [-0.39, 0.29) is 11.6 Å². The third-order valence-corrected chi connectivity index (χ3v) is 3.54. The zero-order chi connectivity index (χ0) is 13.7. The monoisotopic (exact) mass is 263 g/mol. The molecule has 0 aromatic carbocycles. The van der Waals surface area contributed by atoms with Gasteiger partial charge in [0, 0.05) is 31.9 Å². The highest BCUT2D eigenvalue weighted by molar-refractivity contribution is 5.74. The number of pyridine rings is 1. The smallest absolute Gasteiger partial charge is 0.315 e. The summed E-state index contributed by atoms with van der Waals surface area (Å²) in [6.07, 6.45) is 7.57. The molecule has 1 saturated carbocycles. The molecule has 0 unspecified atom stereocenters. The van der Waals surface area contributed by atoms with Crippen LogP contribution in [0.3, 0.4) is 0 Å². The van der Waals surface area contributed by atoms with Crippen LogP contribution in [0.4, 0.5) is 4.79 Å². The van der Waals surface area contributed by atoms with Gasteiger partial charge in [0.2, 0.25) is 5.56 Å². The molecule has 2 N–H and O–H groups in total. The molecule has 0 atom stereocenters. The third kappa shape index (κ3) is 4.12. The number of carbonyl (C=O) groups is 1. The molecule has 0 aliphatic heterocycles. The molecule has 104 valence electrons. The average Bonchev–Trinajstić information content (AvgIpc) is 2.41. The predicted octanol–water partition coefficient (Wildman–Crippen LogP) is 1.52. The van der Waals surface area contributed by atoms with Crippen molar-refractivity contribution >= 4 is 6.03 Å². The molecule has 1 fully saturated rings. The number of nitrogens with zero attached hydrogens (tertiary/aromatic N) is 1. The van der Waals surface area contributed by atoms with E-state index >= 15 is 0 Å². The van der Waals surface area contributed by atoms with Crippen LogP contribution in [0.5, 0.6) is 0 Å². The third-order valence-electron chi connectivity index (χ3n) is 3.54. The fourth-order valence-electron chi connectivity index (χ4n) is 2.42.